The van der Waals surface area contributed by atoms with Crippen LogP contribution in [-0.2, 0) is 0 Å². The van der Waals surface area contributed by atoms with Crippen molar-refractivity contribution in [1.29, 1.82) is 0 Å². The van der Waals surface area contributed by atoms with Crippen molar-refractivity contribution in [3.8, 4) is 5.88 Å². The third-order valence-corrected chi connectivity index (χ3v) is 4.71. The molecule has 0 atom stereocenters. The standard InChI is InChI=1S/C17H27ClN2O/c1-16(2)10-6-11-17(3,4)20(16)12-7-13-21-15-9-5-8-14(18)19-15/h5,8-9H,6-7,10-13H2,1-4H3. The number of ether oxygens (including phenoxy) is 1. The molecule has 4 heteroatoms. The van der Waals surface area contributed by atoms with Crippen LogP contribution in [0, 0.1) is 0 Å². The minimum atomic E-state index is 0.274. The first-order valence-corrected chi connectivity index (χ1v) is 8.22. The Hall–Kier alpha value is -0.800. The lowest BCUT2D eigenvalue weighted by molar-refractivity contribution is -0.0292. The SMILES string of the molecule is CC1(C)CCCC(C)(C)N1CCCOc1cccc(Cl)n1. The molecule has 0 unspecified atom stereocenters. The number of rotatable bonds is 5. The second-order valence-electron chi connectivity index (χ2n) is 7.13. The Morgan fingerprint density at radius 1 is 1.19 bits per heavy atom. The Kier molecular flexibility index (Phi) is 5.15. The van der Waals surface area contributed by atoms with Crippen molar-refractivity contribution in [3.63, 3.8) is 0 Å². The topological polar surface area (TPSA) is 25.4 Å². The summed E-state index contributed by atoms with van der Waals surface area (Å²) in [5.41, 5.74) is 0.548. The summed E-state index contributed by atoms with van der Waals surface area (Å²) in [5.74, 6) is 0.611. The van der Waals surface area contributed by atoms with E-state index < -0.39 is 0 Å². The van der Waals surface area contributed by atoms with Crippen LogP contribution >= 0.6 is 11.6 Å². The lowest BCUT2D eigenvalue weighted by Gasteiger charge is -2.53. The quantitative estimate of drug-likeness (QED) is 0.589. The van der Waals surface area contributed by atoms with Crippen molar-refractivity contribution in [1.82, 2.24) is 9.88 Å². The van der Waals surface area contributed by atoms with Gasteiger partial charge < -0.3 is 4.74 Å². The number of likely N-dealkylation sites (tertiary alicyclic amines) is 1. The molecule has 0 N–H and O–H groups in total. The van der Waals surface area contributed by atoms with Crippen molar-refractivity contribution in [2.45, 2.75) is 64.5 Å². The van der Waals surface area contributed by atoms with E-state index in [4.69, 9.17) is 16.3 Å². The molecule has 118 valence electrons. The summed E-state index contributed by atoms with van der Waals surface area (Å²) in [6, 6.07) is 5.47. The summed E-state index contributed by atoms with van der Waals surface area (Å²) in [5, 5.41) is 0.478. The van der Waals surface area contributed by atoms with E-state index in [1.807, 2.05) is 12.1 Å². The van der Waals surface area contributed by atoms with Gasteiger partial charge in [-0.05, 0) is 59.4 Å². The van der Waals surface area contributed by atoms with Crippen LogP contribution in [0.2, 0.25) is 5.15 Å². The van der Waals surface area contributed by atoms with Gasteiger partial charge in [0.25, 0.3) is 0 Å². The summed E-state index contributed by atoms with van der Waals surface area (Å²) < 4.78 is 5.69. The highest BCUT2D eigenvalue weighted by atomic mass is 35.5. The summed E-state index contributed by atoms with van der Waals surface area (Å²) in [4.78, 5) is 6.78. The maximum absolute atomic E-state index is 5.85. The third-order valence-electron chi connectivity index (χ3n) is 4.50. The highest BCUT2D eigenvalue weighted by Crippen LogP contribution is 2.38. The fraction of sp³-hybridized carbons (Fsp3) is 0.706. The zero-order valence-corrected chi connectivity index (χ0v) is 14.4. The van der Waals surface area contributed by atoms with Crippen LogP contribution in [0.25, 0.3) is 0 Å². The summed E-state index contributed by atoms with van der Waals surface area (Å²) in [6.07, 6.45) is 4.86. The zero-order chi connectivity index (χ0) is 15.5. The molecule has 0 amide bonds. The Balaban J connectivity index is 1.84. The van der Waals surface area contributed by atoms with Gasteiger partial charge in [0.15, 0.2) is 0 Å². The van der Waals surface area contributed by atoms with Crippen LogP contribution in [0.15, 0.2) is 18.2 Å². The van der Waals surface area contributed by atoms with Crippen LogP contribution in [0.1, 0.15) is 53.4 Å². The first-order valence-electron chi connectivity index (χ1n) is 7.84. The molecule has 1 saturated heterocycles. The molecule has 0 aliphatic carbocycles. The molecule has 0 saturated carbocycles. The van der Waals surface area contributed by atoms with E-state index in [1.54, 1.807) is 6.07 Å². The number of pyridine rings is 1. The third kappa shape index (κ3) is 4.33. The van der Waals surface area contributed by atoms with E-state index in [0.29, 0.717) is 17.6 Å². The molecular formula is C17H27ClN2O. The largest absolute Gasteiger partial charge is 0.478 e. The molecule has 3 nitrogen and oxygen atoms in total. The Bertz CT molecular complexity index is 458. The Morgan fingerprint density at radius 3 is 2.48 bits per heavy atom. The van der Waals surface area contributed by atoms with Gasteiger partial charge in [-0.15, -0.1) is 0 Å². The fourth-order valence-electron chi connectivity index (χ4n) is 3.52. The average molecular weight is 311 g/mol. The molecular weight excluding hydrogens is 284 g/mol. The van der Waals surface area contributed by atoms with Crippen LogP contribution < -0.4 is 4.74 Å². The van der Waals surface area contributed by atoms with Crippen LogP contribution in [0.5, 0.6) is 5.88 Å². The molecule has 0 bridgehead atoms. The Morgan fingerprint density at radius 2 is 1.86 bits per heavy atom. The van der Waals surface area contributed by atoms with Gasteiger partial charge in [-0.3, -0.25) is 4.90 Å². The summed E-state index contributed by atoms with van der Waals surface area (Å²) >= 11 is 5.85. The minimum Gasteiger partial charge on any atom is -0.478 e. The normalized spacial score (nSPS) is 21.2. The maximum atomic E-state index is 5.85. The smallest absolute Gasteiger partial charge is 0.214 e. The van der Waals surface area contributed by atoms with Crippen molar-refractivity contribution >= 4 is 11.6 Å². The second-order valence-corrected chi connectivity index (χ2v) is 7.52. The van der Waals surface area contributed by atoms with Crippen LogP contribution in [-0.4, -0.2) is 34.1 Å². The number of hydrogen-bond donors (Lipinski definition) is 0. The molecule has 0 spiro atoms. The van der Waals surface area contributed by atoms with E-state index in [0.717, 1.165) is 13.0 Å². The fourth-order valence-corrected chi connectivity index (χ4v) is 3.67. The molecule has 2 rings (SSSR count). The highest BCUT2D eigenvalue weighted by Gasteiger charge is 2.40. The molecule has 1 aromatic rings. The van der Waals surface area contributed by atoms with E-state index in [2.05, 4.69) is 37.6 Å². The molecule has 0 radical (unpaired) electrons. The number of hydrogen-bond acceptors (Lipinski definition) is 3. The average Bonchev–Trinajstić information content (AvgIpc) is 2.36. The highest BCUT2D eigenvalue weighted by molar-refractivity contribution is 6.29. The molecule has 1 aromatic heterocycles. The first-order chi connectivity index (χ1) is 9.81. The number of aromatic nitrogens is 1. The van der Waals surface area contributed by atoms with Gasteiger partial charge in [0.1, 0.15) is 5.15 Å². The summed E-state index contributed by atoms with van der Waals surface area (Å²) in [7, 11) is 0. The molecule has 21 heavy (non-hydrogen) atoms. The van der Waals surface area contributed by atoms with Crippen molar-refractivity contribution in [2.24, 2.45) is 0 Å². The molecule has 1 fully saturated rings. The monoisotopic (exact) mass is 310 g/mol. The maximum Gasteiger partial charge on any atom is 0.214 e. The number of nitrogens with zero attached hydrogens (tertiary/aromatic N) is 2. The van der Waals surface area contributed by atoms with Gasteiger partial charge in [-0.1, -0.05) is 17.7 Å². The second kappa shape index (κ2) is 6.53. The van der Waals surface area contributed by atoms with Gasteiger partial charge >= 0.3 is 0 Å². The van der Waals surface area contributed by atoms with E-state index in [9.17, 15) is 0 Å². The predicted octanol–water partition coefficient (Wildman–Crippen LogP) is 4.55. The molecule has 2 heterocycles. The molecule has 1 aliphatic rings. The minimum absolute atomic E-state index is 0.274. The zero-order valence-electron chi connectivity index (χ0n) is 13.7. The number of halogens is 1. The predicted molar refractivity (Wildman–Crippen MR) is 88.1 cm³/mol. The lowest BCUT2D eigenvalue weighted by Crippen LogP contribution is -2.58. The Labute approximate surface area is 133 Å². The first kappa shape index (κ1) is 16.6. The van der Waals surface area contributed by atoms with Crippen LogP contribution in [0.3, 0.4) is 0 Å². The van der Waals surface area contributed by atoms with E-state index in [1.165, 1.54) is 19.3 Å². The van der Waals surface area contributed by atoms with Crippen molar-refractivity contribution < 1.29 is 4.74 Å². The molecule has 0 aromatic carbocycles. The summed E-state index contributed by atoms with van der Waals surface area (Å²) in [6.45, 7) is 11.2. The van der Waals surface area contributed by atoms with Gasteiger partial charge in [0.05, 0.1) is 6.61 Å². The van der Waals surface area contributed by atoms with Crippen molar-refractivity contribution in [3.05, 3.63) is 23.4 Å². The van der Waals surface area contributed by atoms with Crippen LogP contribution in [0.4, 0.5) is 0 Å². The number of piperidine rings is 1. The van der Waals surface area contributed by atoms with E-state index in [-0.39, 0.29) is 11.1 Å². The molecule has 1 aliphatic heterocycles. The van der Waals surface area contributed by atoms with E-state index >= 15 is 0 Å². The lowest BCUT2D eigenvalue weighted by atomic mass is 9.80. The van der Waals surface area contributed by atoms with Gasteiger partial charge in [-0.2, -0.15) is 0 Å². The van der Waals surface area contributed by atoms with Gasteiger partial charge in [0, 0.05) is 23.7 Å². The van der Waals surface area contributed by atoms with Gasteiger partial charge in [0.2, 0.25) is 5.88 Å². The van der Waals surface area contributed by atoms with Gasteiger partial charge in [-0.25, -0.2) is 4.98 Å². The van der Waals surface area contributed by atoms with Crippen molar-refractivity contribution in [2.75, 3.05) is 13.2 Å².